The van der Waals surface area contributed by atoms with Gasteiger partial charge in [-0.3, -0.25) is 4.79 Å². The molecule has 3 amide bonds. The van der Waals surface area contributed by atoms with E-state index in [9.17, 15) is 9.59 Å². The minimum absolute atomic E-state index is 0.0776. The highest BCUT2D eigenvalue weighted by Crippen LogP contribution is 2.07. The van der Waals surface area contributed by atoms with Gasteiger partial charge in [0.1, 0.15) is 0 Å². The number of aryl methyl sites for hydroxylation is 1. The first-order valence-corrected chi connectivity index (χ1v) is 6.41. The number of urea groups is 1. The third-order valence-electron chi connectivity index (χ3n) is 2.54. The molecular weight excluding hydrogens is 258 g/mol. The van der Waals surface area contributed by atoms with E-state index in [1.54, 1.807) is 19.2 Å². The molecular formula is C14H21N3O3. The Morgan fingerprint density at radius 2 is 1.90 bits per heavy atom. The molecule has 0 heterocycles. The number of benzene rings is 1. The number of anilines is 1. The average molecular weight is 279 g/mol. The number of hydrogen-bond acceptors (Lipinski definition) is 3. The summed E-state index contributed by atoms with van der Waals surface area (Å²) in [6.45, 7) is 4.15. The van der Waals surface area contributed by atoms with E-state index in [0.29, 0.717) is 12.3 Å². The third-order valence-corrected chi connectivity index (χ3v) is 2.54. The lowest BCUT2D eigenvalue weighted by molar-refractivity contribution is -0.121. The standard InChI is InChI=1S/C14H21N3O3/c1-10-4-6-12(7-5-10)17-14(19)15-8-13(18)16-11(2)9-20-3/h4-7,11H,8-9H2,1-3H3,(H,16,18)(H2,15,17,19)/t11-/m1/s1. The molecule has 0 radical (unpaired) electrons. The van der Waals surface area contributed by atoms with E-state index in [1.807, 2.05) is 26.0 Å². The number of carbonyl (C=O) groups is 2. The Hall–Kier alpha value is -2.08. The lowest BCUT2D eigenvalue weighted by atomic mass is 10.2. The molecule has 0 aliphatic heterocycles. The first kappa shape index (κ1) is 16.0. The van der Waals surface area contributed by atoms with Gasteiger partial charge in [-0.1, -0.05) is 17.7 Å². The molecule has 1 atom stereocenters. The van der Waals surface area contributed by atoms with Gasteiger partial charge in [-0.2, -0.15) is 0 Å². The molecule has 0 bridgehead atoms. The number of amides is 3. The first-order valence-electron chi connectivity index (χ1n) is 6.41. The van der Waals surface area contributed by atoms with Crippen LogP contribution in [0.3, 0.4) is 0 Å². The van der Waals surface area contributed by atoms with Crippen molar-refractivity contribution in [2.75, 3.05) is 25.6 Å². The fraction of sp³-hybridized carbons (Fsp3) is 0.429. The number of rotatable bonds is 6. The van der Waals surface area contributed by atoms with Crippen molar-refractivity contribution in [3.63, 3.8) is 0 Å². The summed E-state index contributed by atoms with van der Waals surface area (Å²) in [5.74, 6) is -0.256. The Morgan fingerprint density at radius 3 is 2.50 bits per heavy atom. The van der Waals surface area contributed by atoms with Crippen LogP contribution in [0.25, 0.3) is 0 Å². The summed E-state index contributed by atoms with van der Waals surface area (Å²) in [5.41, 5.74) is 1.80. The van der Waals surface area contributed by atoms with Crippen LogP contribution in [0.15, 0.2) is 24.3 Å². The van der Waals surface area contributed by atoms with Crippen LogP contribution in [0, 0.1) is 6.92 Å². The van der Waals surface area contributed by atoms with E-state index < -0.39 is 6.03 Å². The summed E-state index contributed by atoms with van der Waals surface area (Å²) < 4.78 is 4.90. The Balaban J connectivity index is 2.29. The topological polar surface area (TPSA) is 79.5 Å². The molecule has 0 fully saturated rings. The molecule has 0 aliphatic rings. The molecule has 0 spiro atoms. The highest BCUT2D eigenvalue weighted by molar-refractivity contribution is 5.92. The van der Waals surface area contributed by atoms with Crippen LogP contribution in [0.1, 0.15) is 12.5 Å². The van der Waals surface area contributed by atoms with Gasteiger partial charge in [0.15, 0.2) is 0 Å². The monoisotopic (exact) mass is 279 g/mol. The molecule has 0 saturated heterocycles. The van der Waals surface area contributed by atoms with E-state index in [-0.39, 0.29) is 18.5 Å². The SMILES string of the molecule is COC[C@@H](C)NC(=O)CNC(=O)Nc1ccc(C)cc1. The van der Waals surface area contributed by atoms with Gasteiger partial charge >= 0.3 is 6.03 Å². The zero-order chi connectivity index (χ0) is 15.0. The minimum Gasteiger partial charge on any atom is -0.383 e. The van der Waals surface area contributed by atoms with Crippen molar-refractivity contribution in [3.05, 3.63) is 29.8 Å². The van der Waals surface area contributed by atoms with Crippen LogP contribution < -0.4 is 16.0 Å². The number of hydrogen-bond donors (Lipinski definition) is 3. The summed E-state index contributed by atoms with van der Waals surface area (Å²) in [6.07, 6.45) is 0. The van der Waals surface area contributed by atoms with Crippen LogP contribution in [0.2, 0.25) is 0 Å². The Labute approximate surface area is 118 Å². The van der Waals surface area contributed by atoms with Crippen molar-refractivity contribution in [3.8, 4) is 0 Å². The molecule has 0 aromatic heterocycles. The molecule has 20 heavy (non-hydrogen) atoms. The molecule has 0 unspecified atom stereocenters. The number of ether oxygens (including phenoxy) is 1. The van der Waals surface area contributed by atoms with Crippen molar-refractivity contribution in [2.45, 2.75) is 19.9 Å². The highest BCUT2D eigenvalue weighted by Gasteiger charge is 2.08. The predicted molar refractivity (Wildman–Crippen MR) is 77.7 cm³/mol. The lowest BCUT2D eigenvalue weighted by Gasteiger charge is -2.13. The van der Waals surface area contributed by atoms with Crippen LogP contribution in [0.5, 0.6) is 0 Å². The fourth-order valence-electron chi connectivity index (χ4n) is 1.59. The van der Waals surface area contributed by atoms with Crippen LogP contribution in [-0.4, -0.2) is 38.2 Å². The smallest absolute Gasteiger partial charge is 0.319 e. The maximum Gasteiger partial charge on any atom is 0.319 e. The molecule has 1 rings (SSSR count). The summed E-state index contributed by atoms with van der Waals surface area (Å²) in [5, 5.41) is 7.84. The van der Waals surface area contributed by atoms with Gasteiger partial charge in [0.25, 0.3) is 0 Å². The molecule has 110 valence electrons. The predicted octanol–water partition coefficient (Wildman–Crippen LogP) is 1.27. The Bertz CT molecular complexity index is 445. The molecule has 0 aliphatic carbocycles. The largest absolute Gasteiger partial charge is 0.383 e. The van der Waals surface area contributed by atoms with Crippen molar-refractivity contribution in [1.29, 1.82) is 0 Å². The molecule has 6 heteroatoms. The van der Waals surface area contributed by atoms with Gasteiger partial charge in [0.05, 0.1) is 13.2 Å². The normalized spacial score (nSPS) is 11.6. The lowest BCUT2D eigenvalue weighted by Crippen LogP contribution is -2.43. The molecule has 3 N–H and O–H groups in total. The summed E-state index contributed by atoms with van der Waals surface area (Å²) in [7, 11) is 1.57. The van der Waals surface area contributed by atoms with Crippen LogP contribution >= 0.6 is 0 Å². The Kier molecular flexibility index (Phi) is 6.52. The summed E-state index contributed by atoms with van der Waals surface area (Å²) >= 11 is 0. The van der Waals surface area contributed by atoms with Crippen molar-refractivity contribution < 1.29 is 14.3 Å². The first-order chi connectivity index (χ1) is 9.51. The van der Waals surface area contributed by atoms with Crippen molar-refractivity contribution in [1.82, 2.24) is 10.6 Å². The third kappa shape index (κ3) is 6.19. The van der Waals surface area contributed by atoms with E-state index in [0.717, 1.165) is 5.56 Å². The molecule has 1 aromatic carbocycles. The maximum absolute atomic E-state index is 11.6. The van der Waals surface area contributed by atoms with Gasteiger partial charge in [-0.15, -0.1) is 0 Å². The van der Waals surface area contributed by atoms with Gasteiger partial charge in [0.2, 0.25) is 5.91 Å². The van der Waals surface area contributed by atoms with Crippen molar-refractivity contribution in [2.24, 2.45) is 0 Å². The second kappa shape index (κ2) is 8.16. The molecule has 1 aromatic rings. The number of carbonyl (C=O) groups excluding carboxylic acids is 2. The van der Waals surface area contributed by atoms with Gasteiger partial charge < -0.3 is 20.7 Å². The maximum atomic E-state index is 11.6. The second-order valence-corrected chi connectivity index (χ2v) is 4.60. The zero-order valence-electron chi connectivity index (χ0n) is 12.0. The highest BCUT2D eigenvalue weighted by atomic mass is 16.5. The van der Waals surface area contributed by atoms with Crippen molar-refractivity contribution >= 4 is 17.6 Å². The quantitative estimate of drug-likeness (QED) is 0.733. The van der Waals surface area contributed by atoms with E-state index in [2.05, 4.69) is 16.0 Å². The minimum atomic E-state index is -0.414. The van der Waals surface area contributed by atoms with Crippen LogP contribution in [-0.2, 0) is 9.53 Å². The molecule has 6 nitrogen and oxygen atoms in total. The average Bonchev–Trinajstić information content (AvgIpc) is 2.39. The zero-order valence-corrected chi connectivity index (χ0v) is 12.0. The van der Waals surface area contributed by atoms with Gasteiger partial charge in [-0.25, -0.2) is 4.79 Å². The van der Waals surface area contributed by atoms with Crippen LogP contribution in [0.4, 0.5) is 10.5 Å². The van der Waals surface area contributed by atoms with Gasteiger partial charge in [-0.05, 0) is 26.0 Å². The second-order valence-electron chi connectivity index (χ2n) is 4.60. The number of methoxy groups -OCH3 is 1. The fourth-order valence-corrected chi connectivity index (χ4v) is 1.59. The number of nitrogens with one attached hydrogen (secondary N) is 3. The molecule has 0 saturated carbocycles. The van der Waals surface area contributed by atoms with Gasteiger partial charge in [0, 0.05) is 18.8 Å². The van der Waals surface area contributed by atoms with E-state index in [4.69, 9.17) is 4.74 Å². The summed E-state index contributed by atoms with van der Waals surface area (Å²) in [6, 6.07) is 6.90. The Morgan fingerprint density at radius 1 is 1.25 bits per heavy atom. The summed E-state index contributed by atoms with van der Waals surface area (Å²) in [4.78, 5) is 23.1. The van der Waals surface area contributed by atoms with E-state index in [1.165, 1.54) is 0 Å². The van der Waals surface area contributed by atoms with E-state index >= 15 is 0 Å².